The standard InChI is InChI=1S/C23H26Cl2N6O/c1-14(2)30-6-5-16(12-30)31-11-15(8-29-31)23(27)18-7-17(3-4-22(18)26)32-13-19-20(24)9-28-10-21(19)25/h3-4,7-11,14,16,27H,5-6,12-13,26H2,1-2H3. The highest BCUT2D eigenvalue weighted by atomic mass is 35.5. The van der Waals surface area contributed by atoms with E-state index in [1.54, 1.807) is 24.4 Å². The number of ether oxygens (including phenoxy) is 1. The van der Waals surface area contributed by atoms with Crippen molar-refractivity contribution >= 4 is 34.6 Å². The van der Waals surface area contributed by atoms with Crippen LogP contribution in [0.15, 0.2) is 43.0 Å². The van der Waals surface area contributed by atoms with Crippen molar-refractivity contribution in [1.82, 2.24) is 19.7 Å². The number of nitrogen functional groups attached to an aromatic ring is 1. The van der Waals surface area contributed by atoms with Crippen molar-refractivity contribution in [2.24, 2.45) is 0 Å². The monoisotopic (exact) mass is 472 g/mol. The van der Waals surface area contributed by atoms with E-state index >= 15 is 0 Å². The Balaban J connectivity index is 1.49. The minimum atomic E-state index is 0.183. The van der Waals surface area contributed by atoms with Gasteiger partial charge in [-0.1, -0.05) is 23.2 Å². The normalized spacial score (nSPS) is 16.6. The number of aromatic nitrogens is 3. The number of rotatable bonds is 7. The number of halogens is 2. The van der Waals surface area contributed by atoms with Crippen molar-refractivity contribution < 1.29 is 4.74 Å². The molecule has 3 N–H and O–H groups in total. The Labute approximate surface area is 197 Å². The van der Waals surface area contributed by atoms with Crippen LogP contribution in [-0.2, 0) is 6.61 Å². The van der Waals surface area contributed by atoms with Gasteiger partial charge in [0.25, 0.3) is 0 Å². The summed E-state index contributed by atoms with van der Waals surface area (Å²) in [6, 6.07) is 6.09. The molecule has 1 aliphatic heterocycles. The maximum absolute atomic E-state index is 8.71. The molecule has 0 saturated carbocycles. The Morgan fingerprint density at radius 3 is 2.69 bits per heavy atom. The number of nitrogens with two attached hydrogens (primary N) is 1. The highest BCUT2D eigenvalue weighted by Gasteiger charge is 2.26. The van der Waals surface area contributed by atoms with E-state index in [1.807, 2.05) is 10.9 Å². The predicted octanol–water partition coefficient (Wildman–Crippen LogP) is 4.82. The van der Waals surface area contributed by atoms with E-state index in [0.717, 1.165) is 25.1 Å². The van der Waals surface area contributed by atoms with Crippen LogP contribution < -0.4 is 10.5 Å². The SMILES string of the molecule is CC(C)N1CCC(n2cc(C(=N)c3cc(OCc4c(Cl)cncc4Cl)ccc3N)cn2)C1. The van der Waals surface area contributed by atoms with Gasteiger partial charge in [0.1, 0.15) is 12.4 Å². The van der Waals surface area contributed by atoms with Gasteiger partial charge in [0, 0.05) is 60.1 Å². The third-order valence-electron chi connectivity index (χ3n) is 5.82. The molecule has 7 nitrogen and oxygen atoms in total. The van der Waals surface area contributed by atoms with E-state index in [0.29, 0.717) is 50.4 Å². The molecular formula is C23H26Cl2N6O. The molecule has 0 aliphatic carbocycles. The number of benzene rings is 1. The van der Waals surface area contributed by atoms with Gasteiger partial charge in [-0.25, -0.2) is 0 Å². The lowest BCUT2D eigenvalue weighted by atomic mass is 10.0. The molecule has 1 aliphatic rings. The quantitative estimate of drug-likeness (QED) is 0.379. The van der Waals surface area contributed by atoms with Gasteiger partial charge < -0.3 is 10.5 Å². The van der Waals surface area contributed by atoms with Crippen molar-refractivity contribution in [1.29, 1.82) is 5.41 Å². The second-order valence-corrected chi connectivity index (χ2v) is 9.05. The molecule has 0 bridgehead atoms. The molecule has 4 rings (SSSR count). The zero-order valence-electron chi connectivity index (χ0n) is 18.1. The Kier molecular flexibility index (Phi) is 6.69. The van der Waals surface area contributed by atoms with E-state index in [-0.39, 0.29) is 6.61 Å². The number of anilines is 1. The van der Waals surface area contributed by atoms with E-state index in [9.17, 15) is 0 Å². The van der Waals surface area contributed by atoms with Crippen LogP contribution in [0.4, 0.5) is 5.69 Å². The molecule has 0 radical (unpaired) electrons. The molecule has 0 amide bonds. The molecule has 9 heteroatoms. The maximum Gasteiger partial charge on any atom is 0.120 e. The number of hydrogen-bond acceptors (Lipinski definition) is 6. The second kappa shape index (κ2) is 9.48. The minimum Gasteiger partial charge on any atom is -0.489 e. The van der Waals surface area contributed by atoms with Gasteiger partial charge in [-0.15, -0.1) is 0 Å². The van der Waals surface area contributed by atoms with Crippen molar-refractivity contribution in [2.75, 3.05) is 18.8 Å². The van der Waals surface area contributed by atoms with Gasteiger partial charge in [0.2, 0.25) is 0 Å². The fraction of sp³-hybridized carbons (Fsp3) is 0.348. The molecule has 1 atom stereocenters. The summed E-state index contributed by atoms with van der Waals surface area (Å²) in [6.07, 6.45) is 7.76. The molecule has 32 heavy (non-hydrogen) atoms. The molecule has 1 fully saturated rings. The molecule has 168 valence electrons. The topological polar surface area (TPSA) is 93.0 Å². The molecule has 0 spiro atoms. The zero-order valence-corrected chi connectivity index (χ0v) is 19.6. The summed E-state index contributed by atoms with van der Waals surface area (Å²) in [7, 11) is 0. The average molecular weight is 473 g/mol. The fourth-order valence-corrected chi connectivity index (χ4v) is 4.32. The van der Waals surface area contributed by atoms with E-state index in [4.69, 9.17) is 39.1 Å². The summed E-state index contributed by atoms with van der Waals surface area (Å²) in [4.78, 5) is 6.39. The predicted molar refractivity (Wildman–Crippen MR) is 128 cm³/mol. The van der Waals surface area contributed by atoms with Gasteiger partial charge in [0.05, 0.1) is 28.0 Å². The lowest BCUT2D eigenvalue weighted by Crippen LogP contribution is -2.28. The first kappa shape index (κ1) is 22.6. The summed E-state index contributed by atoms with van der Waals surface area (Å²) >= 11 is 12.3. The van der Waals surface area contributed by atoms with E-state index in [1.165, 1.54) is 12.4 Å². The molecular weight excluding hydrogens is 447 g/mol. The Morgan fingerprint density at radius 1 is 1.25 bits per heavy atom. The number of likely N-dealkylation sites (tertiary alicyclic amines) is 1. The fourth-order valence-electron chi connectivity index (χ4n) is 3.85. The van der Waals surface area contributed by atoms with Crippen LogP contribution in [0.1, 0.15) is 43.0 Å². The molecule has 1 unspecified atom stereocenters. The Bertz CT molecular complexity index is 1110. The minimum absolute atomic E-state index is 0.183. The van der Waals surface area contributed by atoms with Crippen molar-refractivity contribution in [3.8, 4) is 5.75 Å². The third kappa shape index (κ3) is 4.75. The molecule has 3 aromatic rings. The van der Waals surface area contributed by atoms with Gasteiger partial charge >= 0.3 is 0 Å². The van der Waals surface area contributed by atoms with E-state index < -0.39 is 0 Å². The maximum atomic E-state index is 8.71. The summed E-state index contributed by atoms with van der Waals surface area (Å²) in [5.74, 6) is 0.568. The Morgan fingerprint density at radius 2 is 2.00 bits per heavy atom. The second-order valence-electron chi connectivity index (χ2n) is 8.23. The largest absolute Gasteiger partial charge is 0.489 e. The number of hydrogen-bond donors (Lipinski definition) is 2. The van der Waals surface area contributed by atoms with Gasteiger partial charge in [-0.3, -0.25) is 20.0 Å². The summed E-state index contributed by atoms with van der Waals surface area (Å²) in [5.41, 5.74) is 8.95. The van der Waals surface area contributed by atoms with Gasteiger partial charge in [0.15, 0.2) is 0 Å². The van der Waals surface area contributed by atoms with Crippen LogP contribution in [0, 0.1) is 5.41 Å². The van der Waals surface area contributed by atoms with E-state index in [2.05, 4.69) is 28.8 Å². The van der Waals surface area contributed by atoms with Crippen LogP contribution in [0.25, 0.3) is 0 Å². The van der Waals surface area contributed by atoms with Crippen molar-refractivity contribution in [3.63, 3.8) is 0 Å². The Hall–Kier alpha value is -2.61. The summed E-state index contributed by atoms with van der Waals surface area (Å²) in [5, 5.41) is 14.1. The smallest absolute Gasteiger partial charge is 0.120 e. The third-order valence-corrected chi connectivity index (χ3v) is 6.47. The van der Waals surface area contributed by atoms with Crippen molar-refractivity contribution in [2.45, 2.75) is 39.0 Å². The highest BCUT2D eigenvalue weighted by Crippen LogP contribution is 2.28. The van der Waals surface area contributed by atoms with Crippen molar-refractivity contribution in [3.05, 3.63) is 69.7 Å². The lowest BCUT2D eigenvalue weighted by molar-refractivity contribution is 0.262. The average Bonchev–Trinajstić information content (AvgIpc) is 3.44. The highest BCUT2D eigenvalue weighted by molar-refractivity contribution is 6.35. The van der Waals surface area contributed by atoms with Crippen LogP contribution in [0.2, 0.25) is 10.0 Å². The van der Waals surface area contributed by atoms with Crippen LogP contribution in [-0.4, -0.2) is 44.5 Å². The molecule has 1 aromatic carbocycles. The molecule has 1 saturated heterocycles. The molecule has 3 heterocycles. The summed E-state index contributed by atoms with van der Waals surface area (Å²) in [6.45, 7) is 6.63. The first-order valence-corrected chi connectivity index (χ1v) is 11.3. The van der Waals surface area contributed by atoms with Gasteiger partial charge in [-0.05, 0) is 38.5 Å². The van der Waals surface area contributed by atoms with Crippen LogP contribution in [0.5, 0.6) is 5.75 Å². The lowest BCUT2D eigenvalue weighted by Gasteiger charge is -2.20. The van der Waals surface area contributed by atoms with Crippen LogP contribution >= 0.6 is 23.2 Å². The number of nitrogens with one attached hydrogen (secondary N) is 1. The van der Waals surface area contributed by atoms with Gasteiger partial charge in [-0.2, -0.15) is 5.10 Å². The zero-order chi connectivity index (χ0) is 22.8. The first-order chi connectivity index (χ1) is 15.3. The molecule has 2 aromatic heterocycles. The van der Waals surface area contributed by atoms with Crippen LogP contribution in [0.3, 0.4) is 0 Å². The number of pyridine rings is 1. The summed E-state index contributed by atoms with van der Waals surface area (Å²) < 4.78 is 7.85. The first-order valence-electron chi connectivity index (χ1n) is 10.5. The number of nitrogens with zero attached hydrogens (tertiary/aromatic N) is 4.